The van der Waals surface area contributed by atoms with E-state index < -0.39 is 0 Å². The first kappa shape index (κ1) is 10.2. The molecule has 0 saturated carbocycles. The second kappa shape index (κ2) is 4.94. The Balaban J connectivity index is 1.90. The van der Waals surface area contributed by atoms with Gasteiger partial charge >= 0.3 is 0 Å². The van der Waals surface area contributed by atoms with Crippen LogP contribution in [-0.4, -0.2) is 24.7 Å². The van der Waals surface area contributed by atoms with Gasteiger partial charge in [0.2, 0.25) is 0 Å². The zero-order valence-corrected chi connectivity index (χ0v) is 8.99. The zero-order valence-electron chi connectivity index (χ0n) is 8.99. The summed E-state index contributed by atoms with van der Waals surface area (Å²) >= 11 is 0. The zero-order chi connectivity index (χ0) is 10.5. The molecule has 80 valence electrons. The van der Waals surface area contributed by atoms with Gasteiger partial charge in [0.05, 0.1) is 18.9 Å². The van der Waals surface area contributed by atoms with Crippen LogP contribution in [0, 0.1) is 6.92 Å². The van der Waals surface area contributed by atoms with Crippen LogP contribution in [0.5, 0.6) is 0 Å². The van der Waals surface area contributed by atoms with Crippen molar-refractivity contribution in [2.45, 2.75) is 13.3 Å². The van der Waals surface area contributed by atoms with Crippen molar-refractivity contribution in [2.75, 3.05) is 25.1 Å². The van der Waals surface area contributed by atoms with Gasteiger partial charge in [-0.2, -0.15) is 0 Å². The molecule has 0 aliphatic carbocycles. The first-order valence-corrected chi connectivity index (χ1v) is 5.26. The van der Waals surface area contributed by atoms with Crippen LogP contribution in [0.25, 0.3) is 0 Å². The summed E-state index contributed by atoms with van der Waals surface area (Å²) < 4.78 is 5.37. The van der Waals surface area contributed by atoms with Crippen molar-refractivity contribution in [1.29, 1.82) is 0 Å². The molecule has 3 nitrogen and oxygen atoms in total. The van der Waals surface area contributed by atoms with Crippen molar-refractivity contribution in [2.24, 2.45) is 0 Å². The van der Waals surface area contributed by atoms with E-state index in [4.69, 9.17) is 4.74 Å². The number of nitrogens with one attached hydrogen (secondary N) is 1. The number of rotatable bonds is 3. The van der Waals surface area contributed by atoms with E-state index in [2.05, 4.69) is 22.4 Å². The third kappa shape index (κ3) is 3.06. The van der Waals surface area contributed by atoms with E-state index in [0.717, 1.165) is 31.9 Å². The molecule has 0 amide bonds. The second-order valence-corrected chi connectivity index (χ2v) is 3.81. The summed E-state index contributed by atoms with van der Waals surface area (Å²) in [5, 5.41) is 3.34. The Morgan fingerprint density at radius 3 is 3.13 bits per heavy atom. The van der Waals surface area contributed by atoms with E-state index in [0.29, 0.717) is 0 Å². The monoisotopic (exact) mass is 204 g/mol. The lowest BCUT2D eigenvalue weighted by molar-refractivity contribution is 0.150. The Hall–Kier alpha value is -1.35. The van der Waals surface area contributed by atoms with E-state index >= 15 is 0 Å². The van der Waals surface area contributed by atoms with Crippen molar-refractivity contribution < 1.29 is 4.74 Å². The third-order valence-electron chi connectivity index (χ3n) is 2.38. The van der Waals surface area contributed by atoms with Gasteiger partial charge in [0, 0.05) is 18.9 Å². The maximum atomic E-state index is 5.37. The highest BCUT2D eigenvalue weighted by atomic mass is 16.5. The van der Waals surface area contributed by atoms with Crippen molar-refractivity contribution >= 4 is 5.69 Å². The summed E-state index contributed by atoms with van der Waals surface area (Å²) in [6, 6.07) is 2.09. The third-order valence-corrected chi connectivity index (χ3v) is 2.38. The molecule has 0 unspecified atom stereocenters. The van der Waals surface area contributed by atoms with Crippen molar-refractivity contribution in [1.82, 2.24) is 4.98 Å². The Bertz CT molecular complexity index is 360. The van der Waals surface area contributed by atoms with Crippen LogP contribution in [0.15, 0.2) is 30.1 Å². The molecule has 2 rings (SSSR count). The maximum Gasteiger partial charge on any atom is 0.0693 e. The number of ether oxygens (including phenoxy) is 1. The summed E-state index contributed by atoms with van der Waals surface area (Å²) in [6.07, 6.45) is 6.98. The van der Waals surface area contributed by atoms with Gasteiger partial charge in [0.15, 0.2) is 0 Å². The number of hydrogen-bond acceptors (Lipinski definition) is 3. The largest absolute Gasteiger partial charge is 0.380 e. The molecule has 15 heavy (non-hydrogen) atoms. The molecular formula is C12H16N2O. The summed E-state index contributed by atoms with van der Waals surface area (Å²) in [4.78, 5) is 4.13. The lowest BCUT2D eigenvalue weighted by Gasteiger charge is -2.14. The Labute approximate surface area is 90.2 Å². The number of pyridine rings is 1. The van der Waals surface area contributed by atoms with E-state index in [9.17, 15) is 0 Å². The summed E-state index contributed by atoms with van der Waals surface area (Å²) in [6.45, 7) is 4.51. The van der Waals surface area contributed by atoms with Gasteiger partial charge in [0.1, 0.15) is 0 Å². The molecule has 0 bridgehead atoms. The number of nitrogens with zero attached hydrogens (tertiary/aromatic N) is 1. The normalized spacial score (nSPS) is 15.9. The quantitative estimate of drug-likeness (QED) is 0.766. The lowest BCUT2D eigenvalue weighted by Crippen LogP contribution is -2.14. The summed E-state index contributed by atoms with van der Waals surface area (Å²) in [5.41, 5.74) is 3.57. The van der Waals surface area contributed by atoms with Crippen LogP contribution in [0.4, 0.5) is 5.69 Å². The Morgan fingerprint density at radius 1 is 1.47 bits per heavy atom. The average molecular weight is 204 g/mol. The number of anilines is 1. The molecule has 3 heteroatoms. The second-order valence-electron chi connectivity index (χ2n) is 3.81. The smallest absolute Gasteiger partial charge is 0.0693 e. The predicted molar refractivity (Wildman–Crippen MR) is 61.0 cm³/mol. The molecule has 1 aliphatic heterocycles. The van der Waals surface area contributed by atoms with E-state index in [1.165, 1.54) is 11.1 Å². The fourth-order valence-electron chi connectivity index (χ4n) is 1.60. The number of aryl methyl sites for hydroxylation is 1. The van der Waals surface area contributed by atoms with Crippen molar-refractivity contribution in [3.05, 3.63) is 35.7 Å². The van der Waals surface area contributed by atoms with Crippen LogP contribution in [0.2, 0.25) is 0 Å². The van der Waals surface area contributed by atoms with Gasteiger partial charge in [-0.1, -0.05) is 6.08 Å². The number of hydrogen-bond donors (Lipinski definition) is 1. The highest BCUT2D eigenvalue weighted by molar-refractivity contribution is 5.43. The Morgan fingerprint density at radius 2 is 2.40 bits per heavy atom. The molecule has 2 heterocycles. The van der Waals surface area contributed by atoms with Crippen LogP contribution in [0.1, 0.15) is 12.0 Å². The van der Waals surface area contributed by atoms with Gasteiger partial charge in [-0.3, -0.25) is 4.98 Å². The Kier molecular flexibility index (Phi) is 3.35. The van der Waals surface area contributed by atoms with Crippen LogP contribution in [-0.2, 0) is 4.74 Å². The molecule has 1 aliphatic rings. The fourth-order valence-corrected chi connectivity index (χ4v) is 1.60. The molecule has 0 atom stereocenters. The summed E-state index contributed by atoms with van der Waals surface area (Å²) in [5.74, 6) is 0. The molecule has 0 radical (unpaired) electrons. The van der Waals surface area contributed by atoms with E-state index in [1.807, 2.05) is 19.3 Å². The van der Waals surface area contributed by atoms with E-state index in [1.54, 1.807) is 0 Å². The highest BCUT2D eigenvalue weighted by Crippen LogP contribution is 2.10. The van der Waals surface area contributed by atoms with E-state index in [-0.39, 0.29) is 0 Å². The average Bonchev–Trinajstić information content (AvgIpc) is 2.28. The van der Waals surface area contributed by atoms with Gasteiger partial charge in [0.25, 0.3) is 0 Å². The number of aromatic nitrogens is 1. The van der Waals surface area contributed by atoms with Gasteiger partial charge in [-0.25, -0.2) is 0 Å². The minimum Gasteiger partial charge on any atom is -0.380 e. The van der Waals surface area contributed by atoms with Crippen LogP contribution >= 0.6 is 0 Å². The topological polar surface area (TPSA) is 34.2 Å². The first-order valence-electron chi connectivity index (χ1n) is 5.26. The molecule has 1 aromatic heterocycles. The molecule has 1 N–H and O–H groups in total. The van der Waals surface area contributed by atoms with Gasteiger partial charge in [-0.15, -0.1) is 0 Å². The summed E-state index contributed by atoms with van der Waals surface area (Å²) in [7, 11) is 0. The highest BCUT2D eigenvalue weighted by Gasteiger charge is 2.03. The fraction of sp³-hybridized carbons (Fsp3) is 0.417. The standard InChI is InChI=1S/C12H16N2O/c1-10-5-12(8-13-6-10)14-7-11-3-2-4-15-9-11/h3,5-6,8,14H,2,4,7,9H2,1H3. The SMILES string of the molecule is Cc1cncc(NCC2=CCCOC2)c1. The molecule has 0 fully saturated rings. The van der Waals surface area contributed by atoms with Crippen molar-refractivity contribution in [3.8, 4) is 0 Å². The molecule has 1 aromatic rings. The van der Waals surface area contributed by atoms with Gasteiger partial charge in [-0.05, 0) is 30.5 Å². The molecule has 0 spiro atoms. The maximum absolute atomic E-state index is 5.37. The molecule has 0 saturated heterocycles. The van der Waals surface area contributed by atoms with Crippen molar-refractivity contribution in [3.63, 3.8) is 0 Å². The van der Waals surface area contributed by atoms with Gasteiger partial charge < -0.3 is 10.1 Å². The first-order chi connectivity index (χ1) is 7.34. The van der Waals surface area contributed by atoms with Crippen LogP contribution < -0.4 is 5.32 Å². The lowest BCUT2D eigenvalue weighted by atomic mass is 10.2. The molecular weight excluding hydrogens is 188 g/mol. The predicted octanol–water partition coefficient (Wildman–Crippen LogP) is 2.15. The molecule has 0 aromatic carbocycles. The minimum absolute atomic E-state index is 0.756. The van der Waals surface area contributed by atoms with Crippen LogP contribution in [0.3, 0.4) is 0 Å². The minimum atomic E-state index is 0.756.